The first-order valence-electron chi connectivity index (χ1n) is 6.75. The van der Waals surface area contributed by atoms with Gasteiger partial charge in [0.15, 0.2) is 0 Å². The number of nitrogens with two attached hydrogens (primary N) is 1. The molecule has 1 aliphatic rings. The number of nitrogens with zero attached hydrogens (tertiary/aromatic N) is 1. The molecule has 0 amide bonds. The molecule has 0 aromatic carbocycles. The van der Waals surface area contributed by atoms with E-state index < -0.39 is 0 Å². The predicted octanol–water partition coefficient (Wildman–Crippen LogP) is 2.41. The summed E-state index contributed by atoms with van der Waals surface area (Å²) in [5.74, 6) is 0.324. The van der Waals surface area contributed by atoms with E-state index >= 15 is 0 Å². The van der Waals surface area contributed by atoms with E-state index in [2.05, 4.69) is 16.7 Å². The fourth-order valence-electron chi connectivity index (χ4n) is 2.52. The second-order valence-corrected chi connectivity index (χ2v) is 6.82. The van der Waals surface area contributed by atoms with Crippen molar-refractivity contribution >= 4 is 17.6 Å². The van der Waals surface area contributed by atoms with Crippen LogP contribution in [0.5, 0.6) is 0 Å². The summed E-state index contributed by atoms with van der Waals surface area (Å²) in [5.41, 5.74) is 5.46. The van der Waals surface area contributed by atoms with E-state index in [1.165, 1.54) is 19.3 Å². The molecule has 1 saturated carbocycles. The van der Waals surface area contributed by atoms with Gasteiger partial charge in [0.25, 0.3) is 0 Å². The van der Waals surface area contributed by atoms with Gasteiger partial charge in [0.05, 0.1) is 0 Å². The Morgan fingerprint density at radius 2 is 2.22 bits per heavy atom. The maximum Gasteiger partial charge on any atom is 0.144 e. The Bertz CT molecular complexity index is 281. The molecule has 0 heterocycles. The zero-order valence-electron chi connectivity index (χ0n) is 11.8. The molecule has 0 radical (unpaired) electrons. The monoisotopic (exact) mass is 273 g/mol. The van der Waals surface area contributed by atoms with Crippen LogP contribution in [-0.4, -0.2) is 35.1 Å². The Balaban J connectivity index is 2.22. The molecule has 4 N–H and O–H groups in total. The summed E-state index contributed by atoms with van der Waals surface area (Å²) in [6.45, 7) is 5.05. The molecule has 0 aliphatic heterocycles. The maximum absolute atomic E-state index is 8.71. The van der Waals surface area contributed by atoms with Crippen molar-refractivity contribution in [2.24, 2.45) is 16.3 Å². The fraction of sp³-hybridized carbons (Fsp3) is 0.923. The zero-order valence-corrected chi connectivity index (χ0v) is 12.6. The van der Waals surface area contributed by atoms with E-state index in [9.17, 15) is 0 Å². The van der Waals surface area contributed by atoms with Gasteiger partial charge in [-0.05, 0) is 38.5 Å². The molecule has 5 heteroatoms. The van der Waals surface area contributed by atoms with E-state index in [4.69, 9.17) is 10.9 Å². The van der Waals surface area contributed by atoms with Crippen molar-refractivity contribution < 1.29 is 5.21 Å². The van der Waals surface area contributed by atoms with Crippen molar-refractivity contribution in [3.05, 3.63) is 0 Å². The van der Waals surface area contributed by atoms with Crippen LogP contribution < -0.4 is 11.1 Å². The number of oxime groups is 1. The van der Waals surface area contributed by atoms with Crippen LogP contribution in [-0.2, 0) is 0 Å². The van der Waals surface area contributed by atoms with Gasteiger partial charge in [0.2, 0.25) is 0 Å². The van der Waals surface area contributed by atoms with Gasteiger partial charge in [-0.1, -0.05) is 25.4 Å². The molecule has 0 saturated heterocycles. The standard InChI is InChI=1S/C13H27N3OS/c1-13(2,12(14)16-17)8-5-9-15-10-6-4-7-11(10)18-3/h10-11,15,17H,4-9H2,1-3H3,(H2,14,16). The van der Waals surface area contributed by atoms with Crippen LogP contribution in [0, 0.1) is 5.41 Å². The van der Waals surface area contributed by atoms with E-state index in [1.807, 2.05) is 25.6 Å². The van der Waals surface area contributed by atoms with Gasteiger partial charge in [-0.3, -0.25) is 0 Å². The summed E-state index contributed by atoms with van der Waals surface area (Å²) in [5, 5.41) is 16.3. The Hall–Kier alpha value is -0.420. The lowest BCUT2D eigenvalue weighted by atomic mass is 9.86. The number of amidine groups is 1. The van der Waals surface area contributed by atoms with Gasteiger partial charge in [-0.2, -0.15) is 11.8 Å². The Morgan fingerprint density at radius 3 is 2.83 bits per heavy atom. The molecular formula is C13H27N3OS. The van der Waals surface area contributed by atoms with Gasteiger partial charge in [0, 0.05) is 16.7 Å². The second kappa shape index (κ2) is 7.24. The minimum Gasteiger partial charge on any atom is -0.409 e. The predicted molar refractivity (Wildman–Crippen MR) is 79.4 cm³/mol. The molecular weight excluding hydrogens is 246 g/mol. The summed E-state index contributed by atoms with van der Waals surface area (Å²) < 4.78 is 0. The van der Waals surface area contributed by atoms with Crippen LogP contribution in [0.4, 0.5) is 0 Å². The maximum atomic E-state index is 8.71. The SMILES string of the molecule is CSC1CCCC1NCCCC(C)(C)C(N)=NO. The molecule has 0 aromatic heterocycles. The minimum atomic E-state index is -0.217. The normalized spacial score (nSPS) is 25.6. The summed E-state index contributed by atoms with van der Waals surface area (Å²) in [4.78, 5) is 0. The average Bonchev–Trinajstić information content (AvgIpc) is 2.80. The lowest BCUT2D eigenvalue weighted by Gasteiger charge is -2.24. The molecule has 106 valence electrons. The van der Waals surface area contributed by atoms with Crippen molar-refractivity contribution in [3.63, 3.8) is 0 Å². The van der Waals surface area contributed by atoms with Gasteiger partial charge >= 0.3 is 0 Å². The van der Waals surface area contributed by atoms with Crippen molar-refractivity contribution in [1.82, 2.24) is 5.32 Å². The first-order valence-corrected chi connectivity index (χ1v) is 8.04. The molecule has 4 nitrogen and oxygen atoms in total. The molecule has 0 bridgehead atoms. The largest absolute Gasteiger partial charge is 0.409 e. The highest BCUT2D eigenvalue weighted by atomic mass is 32.2. The van der Waals surface area contributed by atoms with Crippen LogP contribution in [0.2, 0.25) is 0 Å². The van der Waals surface area contributed by atoms with Gasteiger partial charge in [0.1, 0.15) is 5.84 Å². The summed E-state index contributed by atoms with van der Waals surface area (Å²) in [7, 11) is 0. The topological polar surface area (TPSA) is 70.6 Å². The van der Waals surface area contributed by atoms with E-state index in [1.54, 1.807) is 0 Å². The van der Waals surface area contributed by atoms with Crippen molar-refractivity contribution in [2.75, 3.05) is 12.8 Å². The van der Waals surface area contributed by atoms with Crippen LogP contribution in [0.1, 0.15) is 46.0 Å². The highest BCUT2D eigenvalue weighted by molar-refractivity contribution is 7.99. The van der Waals surface area contributed by atoms with Crippen LogP contribution in [0.25, 0.3) is 0 Å². The first kappa shape index (κ1) is 15.6. The molecule has 1 rings (SSSR count). The highest BCUT2D eigenvalue weighted by Gasteiger charge is 2.26. The molecule has 1 aliphatic carbocycles. The first-order chi connectivity index (χ1) is 8.51. The second-order valence-electron chi connectivity index (χ2n) is 5.74. The zero-order chi connectivity index (χ0) is 13.6. The van der Waals surface area contributed by atoms with Gasteiger partial charge in [-0.15, -0.1) is 0 Å². The third-order valence-electron chi connectivity index (χ3n) is 3.94. The Kier molecular flexibility index (Phi) is 6.29. The van der Waals surface area contributed by atoms with E-state index in [0.717, 1.165) is 24.6 Å². The lowest BCUT2D eigenvalue weighted by molar-refractivity contribution is 0.304. The highest BCUT2D eigenvalue weighted by Crippen LogP contribution is 2.28. The third-order valence-corrected chi connectivity index (χ3v) is 5.11. The molecule has 2 atom stereocenters. The van der Waals surface area contributed by atoms with E-state index in [-0.39, 0.29) is 5.41 Å². The smallest absolute Gasteiger partial charge is 0.144 e. The fourth-order valence-corrected chi connectivity index (χ4v) is 3.49. The summed E-state index contributed by atoms with van der Waals surface area (Å²) in [6.07, 6.45) is 8.18. The van der Waals surface area contributed by atoms with Gasteiger partial charge < -0.3 is 16.3 Å². The molecule has 2 unspecified atom stereocenters. The molecule has 0 aromatic rings. The number of hydrogen-bond acceptors (Lipinski definition) is 4. The summed E-state index contributed by atoms with van der Waals surface area (Å²) >= 11 is 1.98. The van der Waals surface area contributed by atoms with Crippen LogP contribution in [0.3, 0.4) is 0 Å². The molecule has 1 fully saturated rings. The third kappa shape index (κ3) is 4.35. The van der Waals surface area contributed by atoms with Crippen LogP contribution >= 0.6 is 11.8 Å². The van der Waals surface area contributed by atoms with Crippen LogP contribution in [0.15, 0.2) is 5.16 Å². The quantitative estimate of drug-likeness (QED) is 0.219. The molecule has 18 heavy (non-hydrogen) atoms. The summed E-state index contributed by atoms with van der Waals surface area (Å²) in [6, 6.07) is 0.673. The number of rotatable bonds is 7. The van der Waals surface area contributed by atoms with Gasteiger partial charge in [-0.25, -0.2) is 0 Å². The van der Waals surface area contributed by atoms with Crippen molar-refractivity contribution in [3.8, 4) is 0 Å². The molecule has 0 spiro atoms. The van der Waals surface area contributed by atoms with Crippen molar-refractivity contribution in [1.29, 1.82) is 0 Å². The minimum absolute atomic E-state index is 0.217. The van der Waals surface area contributed by atoms with Crippen molar-refractivity contribution in [2.45, 2.75) is 57.2 Å². The number of hydrogen-bond donors (Lipinski definition) is 3. The lowest BCUT2D eigenvalue weighted by Crippen LogP contribution is -2.36. The average molecular weight is 273 g/mol. The number of thioether (sulfide) groups is 1. The Morgan fingerprint density at radius 1 is 1.50 bits per heavy atom. The van der Waals surface area contributed by atoms with E-state index in [0.29, 0.717) is 11.9 Å². The number of nitrogens with one attached hydrogen (secondary N) is 1. The Labute approximate surface area is 115 Å².